The molecule has 0 unspecified atom stereocenters. The number of rotatable bonds is 4. The Morgan fingerprint density at radius 3 is 2.93 bits per heavy atom. The van der Waals surface area contributed by atoms with Crippen LogP contribution < -0.4 is 0 Å². The summed E-state index contributed by atoms with van der Waals surface area (Å²) in [7, 11) is 0. The molecule has 0 saturated heterocycles. The van der Waals surface area contributed by atoms with Gasteiger partial charge in [-0.1, -0.05) is 31.5 Å². The van der Waals surface area contributed by atoms with Crippen molar-refractivity contribution in [3.63, 3.8) is 0 Å². The second-order valence-corrected chi connectivity index (χ2v) is 3.73. The van der Waals surface area contributed by atoms with E-state index in [0.717, 1.165) is 5.56 Å². The number of allylic oxidation sites excluding steroid dienone is 1. The summed E-state index contributed by atoms with van der Waals surface area (Å²) in [5.41, 5.74) is 2.24. The summed E-state index contributed by atoms with van der Waals surface area (Å²) >= 11 is 5.41. The van der Waals surface area contributed by atoms with Crippen molar-refractivity contribution < 1.29 is 4.79 Å². The second-order valence-electron chi connectivity index (χ2n) is 3.48. The average molecular weight is 212 g/mol. The van der Waals surface area contributed by atoms with E-state index in [1.54, 1.807) is 0 Å². The van der Waals surface area contributed by atoms with Gasteiger partial charge in [0.15, 0.2) is 5.78 Å². The molecule has 76 valence electrons. The van der Waals surface area contributed by atoms with Gasteiger partial charge in [-0.3, -0.25) is 4.79 Å². The van der Waals surface area contributed by atoms with Gasteiger partial charge in [0.05, 0.1) is 0 Å². The molecule has 0 radical (unpaired) electrons. The fourth-order valence-electron chi connectivity index (χ4n) is 1.19. The second kappa shape index (κ2) is 5.01. The molecular formula is C11H14ClNO. The van der Waals surface area contributed by atoms with Crippen molar-refractivity contribution in [1.82, 2.24) is 4.57 Å². The fraction of sp³-hybridized carbons (Fsp3) is 0.364. The van der Waals surface area contributed by atoms with Crippen molar-refractivity contribution >= 4 is 17.4 Å². The van der Waals surface area contributed by atoms with E-state index in [2.05, 4.69) is 0 Å². The van der Waals surface area contributed by atoms with Gasteiger partial charge in [-0.2, -0.15) is 0 Å². The molecule has 1 rings (SSSR count). The van der Waals surface area contributed by atoms with Gasteiger partial charge >= 0.3 is 0 Å². The van der Waals surface area contributed by atoms with Gasteiger partial charge in [-0.15, -0.1) is 0 Å². The Labute approximate surface area is 89.2 Å². The first kappa shape index (κ1) is 11.1. The topological polar surface area (TPSA) is 22.0 Å². The molecule has 0 aromatic carbocycles. The maximum atomic E-state index is 11.6. The Hall–Kier alpha value is -1.02. The Bertz CT molecular complexity index is 339. The lowest BCUT2D eigenvalue weighted by atomic mass is 10.0. The van der Waals surface area contributed by atoms with Crippen LogP contribution in [0.1, 0.15) is 24.2 Å². The number of aromatic nitrogens is 1. The smallest absolute Gasteiger partial charge is 0.166 e. The third-order valence-electron chi connectivity index (χ3n) is 1.96. The van der Waals surface area contributed by atoms with Crippen molar-refractivity contribution in [2.45, 2.75) is 20.4 Å². The third kappa shape index (κ3) is 2.74. The molecule has 1 aromatic rings. The molecule has 0 atom stereocenters. The summed E-state index contributed by atoms with van der Waals surface area (Å²) in [6.45, 7) is 4.51. The Kier molecular flexibility index (Phi) is 3.96. The predicted molar refractivity (Wildman–Crippen MR) is 58.6 cm³/mol. The van der Waals surface area contributed by atoms with Gasteiger partial charge in [0.2, 0.25) is 0 Å². The zero-order valence-electron chi connectivity index (χ0n) is 8.40. The van der Waals surface area contributed by atoms with Crippen LogP contribution in [-0.4, -0.2) is 10.4 Å². The molecule has 0 aliphatic heterocycles. The Morgan fingerprint density at radius 1 is 1.64 bits per heavy atom. The van der Waals surface area contributed by atoms with Crippen molar-refractivity contribution in [2.75, 3.05) is 0 Å². The first-order valence-electron chi connectivity index (χ1n) is 4.60. The normalized spacial score (nSPS) is 11.4. The molecule has 0 N–H and O–H groups in total. The van der Waals surface area contributed by atoms with E-state index in [1.807, 2.05) is 43.0 Å². The molecule has 2 nitrogen and oxygen atoms in total. The van der Waals surface area contributed by atoms with Crippen LogP contribution in [0.2, 0.25) is 0 Å². The number of halogens is 1. The highest BCUT2D eigenvalue weighted by Gasteiger charge is 2.10. The molecule has 3 heteroatoms. The summed E-state index contributed by atoms with van der Waals surface area (Å²) in [4.78, 5) is 11.6. The first-order valence-corrected chi connectivity index (χ1v) is 5.04. The van der Waals surface area contributed by atoms with Gasteiger partial charge in [0.25, 0.3) is 0 Å². The summed E-state index contributed by atoms with van der Waals surface area (Å²) in [5.74, 6) is 0.230. The fourth-order valence-corrected chi connectivity index (χ4v) is 1.27. The van der Waals surface area contributed by atoms with Crippen LogP contribution in [0.4, 0.5) is 0 Å². The Morgan fingerprint density at radius 2 is 2.36 bits per heavy atom. The first-order chi connectivity index (χ1) is 6.65. The monoisotopic (exact) mass is 211 g/mol. The highest BCUT2D eigenvalue weighted by Crippen LogP contribution is 2.09. The van der Waals surface area contributed by atoms with E-state index in [-0.39, 0.29) is 11.7 Å². The van der Waals surface area contributed by atoms with Gasteiger partial charge < -0.3 is 4.57 Å². The molecule has 0 bridgehead atoms. The number of Topliss-reactive ketones (excluding diaryl/α,β-unsaturated/α-hetero) is 1. The largest absolute Gasteiger partial charge is 0.350 e. The highest BCUT2D eigenvalue weighted by molar-refractivity contribution is 6.25. The van der Waals surface area contributed by atoms with Gasteiger partial charge in [-0.25, -0.2) is 0 Å². The van der Waals surface area contributed by atoms with E-state index in [4.69, 9.17) is 11.6 Å². The Balaban J connectivity index is 2.72. The van der Waals surface area contributed by atoms with E-state index >= 15 is 0 Å². The average Bonchev–Trinajstić information content (AvgIpc) is 2.61. The van der Waals surface area contributed by atoms with E-state index in [9.17, 15) is 4.79 Å². The quantitative estimate of drug-likeness (QED) is 0.702. The lowest BCUT2D eigenvalue weighted by molar-refractivity contribution is 0.0939. The van der Waals surface area contributed by atoms with Crippen molar-refractivity contribution in [2.24, 2.45) is 5.92 Å². The van der Waals surface area contributed by atoms with E-state index in [1.165, 1.54) is 5.54 Å². The zero-order chi connectivity index (χ0) is 10.6. The minimum atomic E-state index is 0.0504. The van der Waals surface area contributed by atoms with Crippen LogP contribution in [0.15, 0.2) is 30.1 Å². The summed E-state index contributed by atoms with van der Waals surface area (Å²) < 4.78 is 1.93. The molecule has 0 aliphatic carbocycles. The molecule has 0 saturated carbocycles. The minimum absolute atomic E-state index is 0.0504. The lowest BCUT2D eigenvalue weighted by Crippen LogP contribution is -2.06. The highest BCUT2D eigenvalue weighted by atomic mass is 35.5. The van der Waals surface area contributed by atoms with Crippen molar-refractivity contribution in [1.29, 1.82) is 0 Å². The van der Waals surface area contributed by atoms with E-state index in [0.29, 0.717) is 6.54 Å². The minimum Gasteiger partial charge on any atom is -0.350 e. The summed E-state index contributed by atoms with van der Waals surface area (Å²) in [6.07, 6.45) is 5.55. The van der Waals surface area contributed by atoms with Crippen LogP contribution in [-0.2, 0) is 6.54 Å². The predicted octanol–water partition coefficient (Wildman–Crippen LogP) is 3.08. The number of nitrogens with zero attached hydrogens (tertiary/aromatic N) is 1. The number of hydrogen-bond acceptors (Lipinski definition) is 1. The standard InChI is InChI=1S/C11H14ClNO/c1-9(2)11(14)10-4-7-13(8-10)6-3-5-12/h3-5,7-9H,6H2,1-2H3. The maximum Gasteiger partial charge on any atom is 0.166 e. The summed E-state index contributed by atoms with van der Waals surface area (Å²) in [6, 6.07) is 1.84. The van der Waals surface area contributed by atoms with Crippen LogP contribution >= 0.6 is 11.6 Å². The van der Waals surface area contributed by atoms with Crippen LogP contribution in [0, 0.1) is 5.92 Å². The van der Waals surface area contributed by atoms with Gasteiger partial charge in [0, 0.05) is 36.0 Å². The number of carbonyl (C=O) groups is 1. The van der Waals surface area contributed by atoms with Crippen LogP contribution in [0.25, 0.3) is 0 Å². The van der Waals surface area contributed by atoms with Gasteiger partial charge in [-0.05, 0) is 6.07 Å². The molecule has 1 heterocycles. The molecule has 0 fully saturated rings. The number of ketones is 1. The SMILES string of the molecule is CC(C)C(=O)c1ccn(CC=CCl)c1. The van der Waals surface area contributed by atoms with Crippen LogP contribution in [0.5, 0.6) is 0 Å². The number of hydrogen-bond donors (Lipinski definition) is 0. The van der Waals surface area contributed by atoms with Crippen molar-refractivity contribution in [3.05, 3.63) is 35.6 Å². The molecular weight excluding hydrogens is 198 g/mol. The lowest BCUT2D eigenvalue weighted by Gasteiger charge is -2.00. The summed E-state index contributed by atoms with van der Waals surface area (Å²) in [5, 5.41) is 0. The zero-order valence-corrected chi connectivity index (χ0v) is 9.16. The number of carbonyl (C=O) groups excluding carboxylic acids is 1. The molecule has 0 amide bonds. The molecule has 1 aromatic heterocycles. The van der Waals surface area contributed by atoms with Gasteiger partial charge in [0.1, 0.15) is 0 Å². The molecule has 0 aliphatic rings. The maximum absolute atomic E-state index is 11.6. The van der Waals surface area contributed by atoms with E-state index < -0.39 is 0 Å². The molecule has 14 heavy (non-hydrogen) atoms. The van der Waals surface area contributed by atoms with Crippen LogP contribution in [0.3, 0.4) is 0 Å². The molecule has 0 spiro atoms. The van der Waals surface area contributed by atoms with Crippen molar-refractivity contribution in [3.8, 4) is 0 Å². The third-order valence-corrected chi connectivity index (χ3v) is 2.14.